The first-order chi connectivity index (χ1) is 12.8. The van der Waals surface area contributed by atoms with Gasteiger partial charge in [0.25, 0.3) is 0 Å². The maximum atomic E-state index is 13.8. The summed E-state index contributed by atoms with van der Waals surface area (Å²) in [6, 6.07) is 7.35. The second-order valence-corrected chi connectivity index (χ2v) is 5.59. The summed E-state index contributed by atoms with van der Waals surface area (Å²) >= 11 is 0. The molecule has 2 aromatic heterocycles. The molecule has 0 fully saturated rings. The van der Waals surface area contributed by atoms with Gasteiger partial charge in [-0.05, 0) is 35.9 Å². The number of carbonyl (C=O) groups is 1. The van der Waals surface area contributed by atoms with Gasteiger partial charge in [0, 0.05) is 35.9 Å². The topological polar surface area (TPSA) is 52.1 Å². The first-order valence-corrected chi connectivity index (χ1v) is 7.73. The summed E-state index contributed by atoms with van der Waals surface area (Å²) in [7, 11) is 0. The highest BCUT2D eigenvalue weighted by molar-refractivity contribution is 5.88. The molecule has 0 saturated heterocycles. The van der Waals surface area contributed by atoms with Gasteiger partial charge in [0.05, 0.1) is 11.1 Å². The fourth-order valence-electron chi connectivity index (χ4n) is 2.36. The molecule has 0 amide bonds. The van der Waals surface area contributed by atoms with Gasteiger partial charge < -0.3 is 4.74 Å². The van der Waals surface area contributed by atoms with Gasteiger partial charge in [0.2, 0.25) is 0 Å². The second-order valence-electron chi connectivity index (χ2n) is 5.59. The molecule has 0 aliphatic carbocycles. The van der Waals surface area contributed by atoms with E-state index in [1.54, 1.807) is 18.2 Å². The van der Waals surface area contributed by atoms with Crippen LogP contribution < -0.4 is 0 Å². The van der Waals surface area contributed by atoms with Crippen molar-refractivity contribution in [2.75, 3.05) is 0 Å². The fraction of sp³-hybridized carbons (Fsp3) is 0.105. The Bertz CT molecular complexity index is 959. The number of halogens is 4. The van der Waals surface area contributed by atoms with Gasteiger partial charge in [-0.15, -0.1) is 0 Å². The monoisotopic (exact) mass is 376 g/mol. The van der Waals surface area contributed by atoms with E-state index in [9.17, 15) is 22.4 Å². The number of rotatable bonds is 4. The zero-order valence-electron chi connectivity index (χ0n) is 13.7. The molecule has 0 bridgehead atoms. The zero-order chi connectivity index (χ0) is 19.4. The summed E-state index contributed by atoms with van der Waals surface area (Å²) in [6.07, 6.45) is 0.952. The van der Waals surface area contributed by atoms with Gasteiger partial charge >= 0.3 is 12.1 Å². The summed E-state index contributed by atoms with van der Waals surface area (Å²) in [4.78, 5) is 19.7. The van der Waals surface area contributed by atoms with Gasteiger partial charge in [-0.1, -0.05) is 6.07 Å². The predicted molar refractivity (Wildman–Crippen MR) is 88.0 cm³/mol. The number of carbonyl (C=O) groups excluding carboxylic acids is 1. The van der Waals surface area contributed by atoms with Crippen molar-refractivity contribution in [1.82, 2.24) is 9.97 Å². The molecule has 0 aliphatic heterocycles. The van der Waals surface area contributed by atoms with Crippen LogP contribution in [-0.4, -0.2) is 15.9 Å². The third-order valence-corrected chi connectivity index (χ3v) is 3.67. The fourth-order valence-corrected chi connectivity index (χ4v) is 2.36. The van der Waals surface area contributed by atoms with Crippen LogP contribution in [0.2, 0.25) is 0 Å². The lowest BCUT2D eigenvalue weighted by Gasteiger charge is -2.10. The van der Waals surface area contributed by atoms with Crippen molar-refractivity contribution < 1.29 is 27.1 Å². The number of aromatic nitrogens is 2. The molecular weight excluding hydrogens is 364 g/mol. The van der Waals surface area contributed by atoms with Crippen LogP contribution in [0.3, 0.4) is 0 Å². The number of esters is 1. The lowest BCUT2D eigenvalue weighted by atomic mass is 10.0. The van der Waals surface area contributed by atoms with Crippen LogP contribution in [0.15, 0.2) is 61.2 Å². The molecule has 3 rings (SSSR count). The number of benzene rings is 1. The summed E-state index contributed by atoms with van der Waals surface area (Å²) in [5.41, 5.74) is 0.0863. The van der Waals surface area contributed by atoms with Crippen molar-refractivity contribution in [3.8, 4) is 11.1 Å². The van der Waals surface area contributed by atoms with E-state index < -0.39 is 23.5 Å². The maximum Gasteiger partial charge on any atom is 0.419 e. The van der Waals surface area contributed by atoms with Gasteiger partial charge in [-0.25, -0.2) is 9.18 Å². The van der Waals surface area contributed by atoms with Crippen LogP contribution in [0, 0.1) is 5.82 Å². The van der Waals surface area contributed by atoms with Crippen molar-refractivity contribution in [3.05, 3.63) is 83.7 Å². The lowest BCUT2D eigenvalue weighted by Crippen LogP contribution is -2.08. The van der Waals surface area contributed by atoms with Crippen LogP contribution in [0.5, 0.6) is 0 Å². The number of pyridine rings is 2. The van der Waals surface area contributed by atoms with Crippen LogP contribution >= 0.6 is 0 Å². The highest BCUT2D eigenvalue weighted by atomic mass is 19.4. The number of hydrogen-bond donors (Lipinski definition) is 0. The molecule has 138 valence electrons. The Balaban J connectivity index is 1.76. The minimum Gasteiger partial charge on any atom is -0.457 e. The summed E-state index contributed by atoms with van der Waals surface area (Å²) in [6.45, 7) is -0.0995. The van der Waals surface area contributed by atoms with E-state index in [1.165, 1.54) is 24.8 Å². The molecule has 0 spiro atoms. The molecule has 4 nitrogen and oxygen atoms in total. The molecule has 0 aliphatic rings. The number of alkyl halides is 3. The van der Waals surface area contributed by atoms with Crippen molar-refractivity contribution in [2.45, 2.75) is 12.8 Å². The number of ether oxygens (including phenoxy) is 1. The quantitative estimate of drug-likeness (QED) is 0.491. The van der Waals surface area contributed by atoms with E-state index in [0.29, 0.717) is 17.2 Å². The Morgan fingerprint density at radius 2 is 1.81 bits per heavy atom. The molecule has 1 aromatic carbocycles. The molecule has 2 heterocycles. The highest BCUT2D eigenvalue weighted by Crippen LogP contribution is 2.33. The van der Waals surface area contributed by atoms with Crippen LogP contribution in [0.25, 0.3) is 11.1 Å². The summed E-state index contributed by atoms with van der Waals surface area (Å²) in [5.74, 6) is -1.94. The van der Waals surface area contributed by atoms with Gasteiger partial charge in [-0.2, -0.15) is 13.2 Å². The largest absolute Gasteiger partial charge is 0.457 e. The highest BCUT2D eigenvalue weighted by Gasteiger charge is 2.33. The summed E-state index contributed by atoms with van der Waals surface area (Å²) in [5, 5.41) is 0. The first kappa shape index (κ1) is 18.5. The Hall–Kier alpha value is -3.29. The number of nitrogens with zero attached hydrogens (tertiary/aromatic N) is 2. The average molecular weight is 376 g/mol. The van der Waals surface area contributed by atoms with Gasteiger partial charge in [0.1, 0.15) is 12.4 Å². The normalized spacial score (nSPS) is 11.3. The minimum atomic E-state index is -4.76. The third kappa shape index (κ3) is 4.46. The molecule has 0 unspecified atom stereocenters. The van der Waals surface area contributed by atoms with E-state index in [-0.39, 0.29) is 17.7 Å². The third-order valence-electron chi connectivity index (χ3n) is 3.67. The van der Waals surface area contributed by atoms with E-state index in [1.807, 2.05) is 0 Å². The van der Waals surface area contributed by atoms with Crippen LogP contribution in [-0.2, 0) is 17.5 Å². The average Bonchev–Trinajstić information content (AvgIpc) is 2.66. The standard InChI is InChI=1S/C19H12F4N2O2/c20-17-7-13(3-4-16(17)19(21,22)23)15-6-12(8-25-10-15)11-27-18(26)14-2-1-5-24-9-14/h1-10H,11H2. The Morgan fingerprint density at radius 1 is 1.00 bits per heavy atom. The Kier molecular flexibility index (Phi) is 5.16. The molecule has 0 N–H and O–H groups in total. The zero-order valence-corrected chi connectivity index (χ0v) is 13.7. The van der Waals surface area contributed by atoms with E-state index in [4.69, 9.17) is 4.74 Å². The van der Waals surface area contributed by atoms with Crippen molar-refractivity contribution >= 4 is 5.97 Å². The second kappa shape index (κ2) is 7.53. The first-order valence-electron chi connectivity index (χ1n) is 7.73. The predicted octanol–water partition coefficient (Wildman–Crippen LogP) is 4.66. The molecule has 27 heavy (non-hydrogen) atoms. The number of hydrogen-bond acceptors (Lipinski definition) is 4. The van der Waals surface area contributed by atoms with Gasteiger partial charge in [0.15, 0.2) is 0 Å². The molecule has 0 atom stereocenters. The van der Waals surface area contributed by atoms with Crippen molar-refractivity contribution in [2.24, 2.45) is 0 Å². The molecule has 8 heteroatoms. The van der Waals surface area contributed by atoms with Crippen molar-refractivity contribution in [3.63, 3.8) is 0 Å². The molecular formula is C19H12F4N2O2. The lowest BCUT2D eigenvalue weighted by molar-refractivity contribution is -0.139. The molecule has 3 aromatic rings. The summed E-state index contributed by atoms with van der Waals surface area (Å²) < 4.78 is 56.9. The smallest absolute Gasteiger partial charge is 0.419 e. The van der Waals surface area contributed by atoms with Crippen LogP contribution in [0.1, 0.15) is 21.5 Å². The Labute approximate surface area is 151 Å². The van der Waals surface area contributed by atoms with E-state index >= 15 is 0 Å². The van der Waals surface area contributed by atoms with Crippen molar-refractivity contribution in [1.29, 1.82) is 0 Å². The maximum absolute atomic E-state index is 13.8. The molecule has 0 saturated carbocycles. The van der Waals surface area contributed by atoms with E-state index in [0.717, 1.165) is 12.1 Å². The van der Waals surface area contributed by atoms with Gasteiger partial charge in [-0.3, -0.25) is 9.97 Å². The van der Waals surface area contributed by atoms with Crippen LogP contribution in [0.4, 0.5) is 17.6 Å². The Morgan fingerprint density at radius 3 is 2.48 bits per heavy atom. The molecule has 0 radical (unpaired) electrons. The van der Waals surface area contributed by atoms with E-state index in [2.05, 4.69) is 9.97 Å². The minimum absolute atomic E-state index is 0.0995. The SMILES string of the molecule is O=C(OCc1cncc(-c2ccc(C(F)(F)F)c(F)c2)c1)c1cccnc1.